The Hall–Kier alpha value is -4.05. The molecule has 1 amide bonds. The molecule has 3 N–H and O–H groups in total. The Morgan fingerprint density at radius 3 is 2.48 bits per heavy atom. The minimum Gasteiger partial charge on any atom is -0.507 e. The first-order valence-electron chi connectivity index (χ1n) is 9.70. The number of aromatic hydroxyl groups is 1. The first-order chi connectivity index (χ1) is 15.8. The summed E-state index contributed by atoms with van der Waals surface area (Å²) in [7, 11) is 0. The number of ether oxygens (including phenoxy) is 1. The van der Waals surface area contributed by atoms with Gasteiger partial charge in [0.1, 0.15) is 17.1 Å². The van der Waals surface area contributed by atoms with Gasteiger partial charge >= 0.3 is 11.9 Å². The van der Waals surface area contributed by atoms with Crippen LogP contribution >= 0.6 is 11.8 Å². The number of hydrogen-bond acceptors (Lipinski definition) is 7. The van der Waals surface area contributed by atoms with E-state index in [1.165, 1.54) is 23.1 Å². The topological polar surface area (TPSA) is 137 Å². The molecule has 1 heterocycles. The normalized spacial score (nSPS) is 15.8. The maximum atomic E-state index is 12.9. The van der Waals surface area contributed by atoms with Crippen LogP contribution in [0.1, 0.15) is 22.3 Å². The minimum atomic E-state index is -1.26. The Kier molecular flexibility index (Phi) is 7.52. The van der Waals surface area contributed by atoms with E-state index in [1.807, 2.05) is 0 Å². The monoisotopic (exact) mass is 468 g/mol. The highest BCUT2D eigenvalue weighted by atomic mass is 32.2. The van der Waals surface area contributed by atoms with Crippen LogP contribution in [0.2, 0.25) is 0 Å². The van der Waals surface area contributed by atoms with E-state index in [1.54, 1.807) is 36.4 Å². The number of carboxylic acid groups (broad SMARTS) is 2. The van der Waals surface area contributed by atoms with Gasteiger partial charge in [0.2, 0.25) is 0 Å². The van der Waals surface area contributed by atoms with Crippen molar-refractivity contribution in [2.24, 2.45) is 4.99 Å². The van der Waals surface area contributed by atoms with Crippen molar-refractivity contribution in [3.05, 3.63) is 71.2 Å². The molecule has 1 aliphatic heterocycles. The van der Waals surface area contributed by atoms with Crippen molar-refractivity contribution in [1.82, 2.24) is 4.90 Å². The summed E-state index contributed by atoms with van der Waals surface area (Å²) in [6.45, 7) is 3.94. The molecule has 9 nitrogen and oxygen atoms in total. The third-order valence-corrected chi connectivity index (χ3v) is 5.41. The molecule has 2 aromatic carbocycles. The van der Waals surface area contributed by atoms with Crippen LogP contribution in [0.15, 0.2) is 65.0 Å². The zero-order valence-corrected chi connectivity index (χ0v) is 18.1. The Morgan fingerprint density at radius 1 is 1.15 bits per heavy atom. The molecule has 33 heavy (non-hydrogen) atoms. The molecule has 3 rings (SSSR count). The molecule has 0 unspecified atom stereocenters. The van der Waals surface area contributed by atoms with Gasteiger partial charge in [0.15, 0.2) is 5.17 Å². The standard InChI is InChI=1S/C23H20N2O7S/c1-2-10-25-21(29)19(12-14-3-6-16(7-4-14)32-11-9-20(27)28)33-23(25)24-15-5-8-17(22(30)31)18(26)13-15/h2-8,12-13,26H,1,9-11H2,(H,27,28)(H,30,31)/b19-12-,24-23?. The predicted molar refractivity (Wildman–Crippen MR) is 124 cm³/mol. The smallest absolute Gasteiger partial charge is 0.339 e. The average Bonchev–Trinajstić information content (AvgIpc) is 3.03. The number of carbonyl (C=O) groups excluding carboxylic acids is 1. The molecule has 0 aromatic heterocycles. The largest absolute Gasteiger partial charge is 0.507 e. The van der Waals surface area contributed by atoms with E-state index in [-0.39, 0.29) is 31.0 Å². The van der Waals surface area contributed by atoms with Crippen molar-refractivity contribution >= 4 is 46.5 Å². The van der Waals surface area contributed by atoms with Crippen LogP contribution in [0.25, 0.3) is 6.08 Å². The lowest BCUT2D eigenvalue weighted by atomic mass is 10.2. The van der Waals surface area contributed by atoms with Crippen molar-refractivity contribution in [2.45, 2.75) is 6.42 Å². The highest BCUT2D eigenvalue weighted by molar-refractivity contribution is 8.18. The Morgan fingerprint density at radius 2 is 1.88 bits per heavy atom. The molecule has 0 atom stereocenters. The first-order valence-corrected chi connectivity index (χ1v) is 10.5. The average molecular weight is 468 g/mol. The molecular weight excluding hydrogens is 448 g/mol. The maximum absolute atomic E-state index is 12.9. The van der Waals surface area contributed by atoms with Crippen LogP contribution < -0.4 is 4.74 Å². The van der Waals surface area contributed by atoms with Gasteiger partial charge in [-0.05, 0) is 47.7 Å². The van der Waals surface area contributed by atoms with Crippen LogP contribution in [-0.4, -0.2) is 56.4 Å². The minimum absolute atomic E-state index is 0.0590. The number of rotatable bonds is 9. The first kappa shape index (κ1) is 23.6. The maximum Gasteiger partial charge on any atom is 0.339 e. The third-order valence-electron chi connectivity index (χ3n) is 4.40. The second-order valence-corrected chi connectivity index (χ2v) is 7.79. The summed E-state index contributed by atoms with van der Waals surface area (Å²) in [6, 6.07) is 10.8. The Labute approximate surface area is 193 Å². The van der Waals surface area contributed by atoms with Gasteiger partial charge < -0.3 is 20.1 Å². The SMILES string of the molecule is C=CCN1C(=O)/C(=C/c2ccc(OCCC(=O)O)cc2)SC1=Nc1ccc(C(=O)O)c(O)c1. The van der Waals surface area contributed by atoms with Gasteiger partial charge in [-0.25, -0.2) is 9.79 Å². The van der Waals surface area contributed by atoms with Gasteiger partial charge in [-0.1, -0.05) is 18.2 Å². The number of amides is 1. The molecule has 0 radical (unpaired) electrons. The van der Waals surface area contributed by atoms with Gasteiger partial charge in [0.05, 0.1) is 23.6 Å². The fourth-order valence-corrected chi connectivity index (χ4v) is 3.84. The summed E-state index contributed by atoms with van der Waals surface area (Å²) in [5.74, 6) is -2.37. The molecule has 1 aliphatic rings. The summed E-state index contributed by atoms with van der Waals surface area (Å²) in [5.41, 5.74) is 0.790. The Bertz CT molecular complexity index is 1160. The van der Waals surface area contributed by atoms with Gasteiger partial charge in [0, 0.05) is 12.6 Å². The van der Waals surface area contributed by atoms with Crippen LogP contribution in [0, 0.1) is 0 Å². The summed E-state index contributed by atoms with van der Waals surface area (Å²) in [6.07, 6.45) is 3.15. The van der Waals surface area contributed by atoms with Crippen LogP contribution in [-0.2, 0) is 9.59 Å². The van der Waals surface area contributed by atoms with Crippen molar-refractivity contribution < 1.29 is 34.4 Å². The third kappa shape index (κ3) is 6.01. The molecule has 10 heteroatoms. The van der Waals surface area contributed by atoms with E-state index in [2.05, 4.69) is 11.6 Å². The molecule has 1 saturated heterocycles. The molecule has 170 valence electrons. The summed E-state index contributed by atoms with van der Waals surface area (Å²) in [5, 5.41) is 28.0. The van der Waals surface area contributed by atoms with Gasteiger partial charge in [-0.15, -0.1) is 6.58 Å². The summed E-state index contributed by atoms with van der Waals surface area (Å²) < 4.78 is 5.36. The number of aromatic carboxylic acids is 1. The van der Waals surface area contributed by atoms with Gasteiger partial charge in [-0.3, -0.25) is 14.5 Å². The predicted octanol–water partition coefficient (Wildman–Crippen LogP) is 3.73. The number of phenols is 1. The van der Waals surface area contributed by atoms with Gasteiger partial charge in [-0.2, -0.15) is 0 Å². The lowest BCUT2D eigenvalue weighted by Gasteiger charge is -2.12. The zero-order valence-electron chi connectivity index (χ0n) is 17.3. The van der Waals surface area contributed by atoms with Crippen molar-refractivity contribution in [2.75, 3.05) is 13.2 Å². The van der Waals surface area contributed by atoms with Crippen molar-refractivity contribution in [3.8, 4) is 11.5 Å². The van der Waals surface area contributed by atoms with E-state index in [0.29, 0.717) is 21.5 Å². The number of aliphatic carboxylic acids is 1. The molecule has 0 spiro atoms. The summed E-state index contributed by atoms with van der Waals surface area (Å²) >= 11 is 1.14. The fraction of sp³-hybridized carbons (Fsp3) is 0.130. The lowest BCUT2D eigenvalue weighted by molar-refractivity contribution is -0.137. The van der Waals surface area contributed by atoms with Crippen LogP contribution in [0.3, 0.4) is 0 Å². The number of nitrogens with zero attached hydrogens (tertiary/aromatic N) is 2. The van der Waals surface area contributed by atoms with E-state index in [0.717, 1.165) is 17.3 Å². The second-order valence-electron chi connectivity index (χ2n) is 6.78. The number of aliphatic imine (C=N–C) groups is 1. The zero-order chi connectivity index (χ0) is 24.0. The van der Waals surface area contributed by atoms with Gasteiger partial charge in [0.25, 0.3) is 5.91 Å². The van der Waals surface area contributed by atoms with Crippen molar-refractivity contribution in [1.29, 1.82) is 0 Å². The number of carboxylic acids is 2. The van der Waals surface area contributed by atoms with Crippen LogP contribution in [0.5, 0.6) is 11.5 Å². The van der Waals surface area contributed by atoms with Crippen LogP contribution in [0.4, 0.5) is 5.69 Å². The fourth-order valence-electron chi connectivity index (χ4n) is 2.83. The van der Waals surface area contributed by atoms with E-state index in [9.17, 15) is 19.5 Å². The summed E-state index contributed by atoms with van der Waals surface area (Å²) in [4.78, 5) is 40.8. The molecule has 2 aromatic rings. The molecule has 0 bridgehead atoms. The number of benzene rings is 2. The van der Waals surface area contributed by atoms with E-state index >= 15 is 0 Å². The van der Waals surface area contributed by atoms with E-state index in [4.69, 9.17) is 14.9 Å². The highest BCUT2D eigenvalue weighted by Crippen LogP contribution is 2.35. The highest BCUT2D eigenvalue weighted by Gasteiger charge is 2.32. The Balaban J connectivity index is 1.81. The second kappa shape index (κ2) is 10.5. The number of thioether (sulfide) groups is 1. The number of hydrogen-bond donors (Lipinski definition) is 3. The molecule has 0 saturated carbocycles. The number of amidine groups is 1. The van der Waals surface area contributed by atoms with Crippen molar-refractivity contribution in [3.63, 3.8) is 0 Å². The molecular formula is C23H20N2O7S. The molecule has 0 aliphatic carbocycles. The quantitative estimate of drug-likeness (QED) is 0.374. The van der Waals surface area contributed by atoms with E-state index < -0.39 is 17.7 Å². The number of carbonyl (C=O) groups is 3. The lowest BCUT2D eigenvalue weighted by Crippen LogP contribution is -2.29. The molecule has 1 fully saturated rings.